The quantitative estimate of drug-likeness (QED) is 0.550. The Balaban J connectivity index is 1.15. The van der Waals surface area contributed by atoms with Crippen molar-refractivity contribution in [2.45, 2.75) is 44.2 Å². The Bertz CT molecular complexity index is 1170. The van der Waals surface area contributed by atoms with Gasteiger partial charge in [0.15, 0.2) is 0 Å². The summed E-state index contributed by atoms with van der Waals surface area (Å²) in [6, 6.07) is 5.65. The van der Waals surface area contributed by atoms with Gasteiger partial charge in [0.05, 0.1) is 36.3 Å². The summed E-state index contributed by atoms with van der Waals surface area (Å²) >= 11 is 0. The van der Waals surface area contributed by atoms with Gasteiger partial charge >= 0.3 is 6.18 Å². The third-order valence-electron chi connectivity index (χ3n) is 7.80. The highest BCUT2D eigenvalue weighted by atomic mass is 32.2. The van der Waals surface area contributed by atoms with Crippen LogP contribution in [0.3, 0.4) is 0 Å². The lowest BCUT2D eigenvalue weighted by atomic mass is 10.0. The van der Waals surface area contributed by atoms with Crippen LogP contribution in [0.25, 0.3) is 0 Å². The highest BCUT2D eigenvalue weighted by molar-refractivity contribution is 7.89. The number of likely N-dealkylation sites (tertiary alicyclic amines) is 1. The Labute approximate surface area is 215 Å². The molecular weight excluding hydrogens is 507 g/mol. The second-order valence-corrected chi connectivity index (χ2v) is 12.5. The summed E-state index contributed by atoms with van der Waals surface area (Å²) in [6.07, 6.45) is -0.430. The maximum absolute atomic E-state index is 13.0. The van der Waals surface area contributed by atoms with Crippen LogP contribution in [0.15, 0.2) is 30.5 Å². The first-order chi connectivity index (χ1) is 17.6. The minimum Gasteiger partial charge on any atom is -0.306 e. The molecule has 1 aromatic carbocycles. The number of halogens is 3. The number of alkyl halides is 3. The Kier molecular flexibility index (Phi) is 7.60. The van der Waals surface area contributed by atoms with E-state index in [2.05, 4.69) is 32.1 Å². The van der Waals surface area contributed by atoms with Gasteiger partial charge < -0.3 is 4.90 Å². The largest absolute Gasteiger partial charge is 0.416 e. The van der Waals surface area contributed by atoms with E-state index in [1.165, 1.54) is 27.9 Å². The number of piperidine rings is 1. The molecule has 0 bridgehead atoms. The molecule has 3 aliphatic heterocycles. The summed E-state index contributed by atoms with van der Waals surface area (Å²) in [7, 11) is -1.26. The minimum atomic E-state index is -4.41. The van der Waals surface area contributed by atoms with Crippen molar-refractivity contribution in [1.82, 2.24) is 34.0 Å². The van der Waals surface area contributed by atoms with E-state index in [0.29, 0.717) is 23.8 Å². The van der Waals surface area contributed by atoms with Gasteiger partial charge in [-0.1, -0.05) is 17.3 Å². The molecule has 13 heteroatoms. The predicted molar refractivity (Wildman–Crippen MR) is 132 cm³/mol. The van der Waals surface area contributed by atoms with Gasteiger partial charge in [-0.2, -0.15) is 17.5 Å². The molecule has 0 aliphatic carbocycles. The van der Waals surface area contributed by atoms with Crippen LogP contribution in [-0.4, -0.2) is 113 Å². The summed E-state index contributed by atoms with van der Waals surface area (Å²) in [5.41, 5.74) is 0.203. The van der Waals surface area contributed by atoms with Crippen LogP contribution in [0.2, 0.25) is 0 Å². The molecule has 1 unspecified atom stereocenters. The van der Waals surface area contributed by atoms with E-state index in [0.717, 1.165) is 51.4 Å². The lowest BCUT2D eigenvalue weighted by Gasteiger charge is -2.43. The average molecular weight is 542 g/mol. The molecule has 4 heterocycles. The van der Waals surface area contributed by atoms with Gasteiger partial charge in [-0.3, -0.25) is 9.80 Å². The number of rotatable bonds is 6. The molecule has 3 aliphatic rings. The van der Waals surface area contributed by atoms with Gasteiger partial charge in [0.25, 0.3) is 0 Å². The highest BCUT2D eigenvalue weighted by Gasteiger charge is 2.40. The predicted octanol–water partition coefficient (Wildman–Crippen LogP) is 1.57. The fourth-order valence-corrected chi connectivity index (χ4v) is 7.40. The van der Waals surface area contributed by atoms with E-state index < -0.39 is 21.8 Å². The molecule has 204 valence electrons. The van der Waals surface area contributed by atoms with Crippen molar-refractivity contribution in [3.63, 3.8) is 0 Å². The molecular formula is C24H34F3N7O2S. The SMILES string of the molecule is CN1CCC(N2CCN(C3CN(Cc4cn(Cc5cccc(C(F)(F)F)c5)nn4)S(=O)(=O)C3)CC2)CC1. The summed E-state index contributed by atoms with van der Waals surface area (Å²) in [5, 5.41) is 8.08. The molecule has 0 saturated carbocycles. The number of nitrogens with zero attached hydrogens (tertiary/aromatic N) is 7. The molecule has 0 radical (unpaired) electrons. The van der Waals surface area contributed by atoms with E-state index in [1.54, 1.807) is 12.3 Å². The first kappa shape index (κ1) is 26.5. The Morgan fingerprint density at radius 1 is 0.973 bits per heavy atom. The standard InChI is InChI=1S/C24H34F3N7O2S/c1-30-7-5-22(6-8-30)31-9-11-32(12-10-31)23-17-34(37(35,36)18-23)16-21-15-33(29-28-21)14-19-3-2-4-20(13-19)24(25,26)27/h2-4,13,15,22-23H,5-12,14,16-18H2,1H3. The smallest absolute Gasteiger partial charge is 0.306 e. The Hall–Kier alpha value is -2.06. The molecule has 0 spiro atoms. The number of hydrogen-bond donors (Lipinski definition) is 0. The van der Waals surface area contributed by atoms with Crippen molar-refractivity contribution >= 4 is 10.0 Å². The first-order valence-electron chi connectivity index (χ1n) is 12.8. The average Bonchev–Trinajstić information content (AvgIpc) is 3.42. The molecule has 0 N–H and O–H groups in total. The third kappa shape index (κ3) is 6.33. The zero-order valence-electron chi connectivity index (χ0n) is 21.0. The summed E-state index contributed by atoms with van der Waals surface area (Å²) in [5.74, 6) is 0.0968. The van der Waals surface area contributed by atoms with Gasteiger partial charge in [0.1, 0.15) is 0 Å². The van der Waals surface area contributed by atoms with Gasteiger partial charge in [-0.05, 0) is 50.7 Å². The van der Waals surface area contributed by atoms with Gasteiger partial charge in [0, 0.05) is 44.8 Å². The summed E-state index contributed by atoms with van der Waals surface area (Å²) in [4.78, 5) is 7.23. The van der Waals surface area contributed by atoms with Crippen molar-refractivity contribution in [1.29, 1.82) is 0 Å². The number of sulfonamides is 1. The van der Waals surface area contributed by atoms with Gasteiger partial charge in [0.2, 0.25) is 10.0 Å². The van der Waals surface area contributed by atoms with E-state index in [1.807, 2.05) is 0 Å². The minimum absolute atomic E-state index is 0.0511. The van der Waals surface area contributed by atoms with Crippen LogP contribution in [0.1, 0.15) is 29.7 Å². The molecule has 37 heavy (non-hydrogen) atoms. The maximum Gasteiger partial charge on any atom is 0.416 e. The lowest BCUT2D eigenvalue weighted by Crippen LogP contribution is -2.55. The second kappa shape index (κ2) is 10.6. The Morgan fingerprint density at radius 2 is 1.65 bits per heavy atom. The van der Waals surface area contributed by atoms with Crippen LogP contribution in [0.5, 0.6) is 0 Å². The van der Waals surface area contributed by atoms with E-state index in [-0.39, 0.29) is 24.9 Å². The van der Waals surface area contributed by atoms with Crippen molar-refractivity contribution in [3.05, 3.63) is 47.3 Å². The molecule has 3 fully saturated rings. The molecule has 0 amide bonds. The fraction of sp³-hybridized carbons (Fsp3) is 0.667. The lowest BCUT2D eigenvalue weighted by molar-refractivity contribution is -0.137. The van der Waals surface area contributed by atoms with Crippen LogP contribution in [0.4, 0.5) is 13.2 Å². The topological polar surface area (TPSA) is 77.8 Å². The van der Waals surface area contributed by atoms with Crippen molar-refractivity contribution in [2.75, 3.05) is 58.6 Å². The Morgan fingerprint density at radius 3 is 2.32 bits per heavy atom. The summed E-state index contributed by atoms with van der Waals surface area (Å²) < 4.78 is 67.7. The van der Waals surface area contributed by atoms with Gasteiger partial charge in [-0.15, -0.1) is 5.10 Å². The molecule has 2 aromatic rings. The zero-order chi connectivity index (χ0) is 26.2. The normalized spacial score (nSPS) is 25.1. The van der Waals surface area contributed by atoms with E-state index in [9.17, 15) is 21.6 Å². The number of benzene rings is 1. The molecule has 3 saturated heterocycles. The second-order valence-electron chi connectivity index (χ2n) is 10.4. The maximum atomic E-state index is 13.0. The van der Waals surface area contributed by atoms with E-state index >= 15 is 0 Å². The third-order valence-corrected chi connectivity index (χ3v) is 9.67. The molecule has 1 atom stereocenters. The van der Waals surface area contributed by atoms with Crippen molar-refractivity contribution in [3.8, 4) is 0 Å². The fourth-order valence-electron chi connectivity index (χ4n) is 5.66. The van der Waals surface area contributed by atoms with Crippen molar-refractivity contribution in [2.24, 2.45) is 0 Å². The zero-order valence-corrected chi connectivity index (χ0v) is 21.8. The highest BCUT2D eigenvalue weighted by Crippen LogP contribution is 2.30. The molecule has 5 rings (SSSR count). The first-order valence-corrected chi connectivity index (χ1v) is 14.4. The van der Waals surface area contributed by atoms with Crippen molar-refractivity contribution < 1.29 is 21.6 Å². The number of hydrogen-bond acceptors (Lipinski definition) is 7. The summed E-state index contributed by atoms with van der Waals surface area (Å²) in [6.45, 7) is 6.57. The molecule has 9 nitrogen and oxygen atoms in total. The van der Waals surface area contributed by atoms with Crippen LogP contribution >= 0.6 is 0 Å². The van der Waals surface area contributed by atoms with Crippen LogP contribution in [0, 0.1) is 0 Å². The number of aromatic nitrogens is 3. The van der Waals surface area contributed by atoms with E-state index in [4.69, 9.17) is 0 Å². The van der Waals surface area contributed by atoms with Crippen LogP contribution in [-0.2, 0) is 29.3 Å². The molecule has 1 aromatic heterocycles. The monoisotopic (exact) mass is 541 g/mol. The van der Waals surface area contributed by atoms with Crippen LogP contribution < -0.4 is 0 Å². The van der Waals surface area contributed by atoms with Gasteiger partial charge in [-0.25, -0.2) is 13.1 Å². The number of piperazine rings is 1.